The molecule has 1 aromatic heterocycles. The first-order valence-electron chi connectivity index (χ1n) is 6.46. The van der Waals surface area contributed by atoms with Crippen LogP contribution in [0.25, 0.3) is 10.9 Å². The summed E-state index contributed by atoms with van der Waals surface area (Å²) in [7, 11) is 1.66. The highest BCUT2D eigenvalue weighted by Gasteiger charge is 2.06. The van der Waals surface area contributed by atoms with Gasteiger partial charge in [-0.25, -0.2) is 0 Å². The fraction of sp³-hybridized carbons (Fsp3) is 0.400. The van der Waals surface area contributed by atoms with E-state index in [1.807, 2.05) is 24.3 Å². The van der Waals surface area contributed by atoms with Crippen LogP contribution in [0.4, 0.5) is 0 Å². The largest absolute Gasteiger partial charge is 0.382 e. The van der Waals surface area contributed by atoms with E-state index in [0.717, 1.165) is 23.0 Å². The standard InChI is InChI=1S/C15H20N2O2/c1-18-8-9-19-11-13(16)10-14-7-6-12-4-2-3-5-15(12)17-14/h2-7,13H,8-11,16H2,1H3. The van der Waals surface area contributed by atoms with Crippen LogP contribution in [-0.2, 0) is 15.9 Å². The van der Waals surface area contributed by atoms with Crippen LogP contribution in [0.5, 0.6) is 0 Å². The van der Waals surface area contributed by atoms with Gasteiger partial charge in [-0.3, -0.25) is 4.98 Å². The highest BCUT2D eigenvalue weighted by Crippen LogP contribution is 2.12. The molecule has 2 aromatic rings. The number of rotatable bonds is 7. The molecule has 102 valence electrons. The minimum absolute atomic E-state index is 0.0366. The van der Waals surface area contributed by atoms with E-state index < -0.39 is 0 Å². The number of methoxy groups -OCH3 is 1. The summed E-state index contributed by atoms with van der Waals surface area (Å²) >= 11 is 0. The van der Waals surface area contributed by atoms with Gasteiger partial charge in [-0.05, 0) is 12.1 Å². The SMILES string of the molecule is COCCOCC(N)Cc1ccc2ccccc2n1. The Labute approximate surface area is 113 Å². The van der Waals surface area contributed by atoms with Gasteiger partial charge < -0.3 is 15.2 Å². The number of hydrogen-bond donors (Lipinski definition) is 1. The van der Waals surface area contributed by atoms with Crippen molar-refractivity contribution in [2.24, 2.45) is 5.73 Å². The molecule has 0 amide bonds. The Hall–Kier alpha value is -1.49. The summed E-state index contributed by atoms with van der Waals surface area (Å²) in [5.41, 5.74) is 8.03. The Kier molecular flexibility index (Phi) is 5.27. The lowest BCUT2D eigenvalue weighted by atomic mass is 10.1. The second kappa shape index (κ2) is 7.19. The second-order valence-electron chi connectivity index (χ2n) is 4.53. The molecule has 2 rings (SSSR count). The van der Waals surface area contributed by atoms with Crippen LogP contribution in [0.2, 0.25) is 0 Å². The van der Waals surface area contributed by atoms with Crippen LogP contribution in [0.15, 0.2) is 36.4 Å². The van der Waals surface area contributed by atoms with Gasteiger partial charge in [0, 0.05) is 30.7 Å². The summed E-state index contributed by atoms with van der Waals surface area (Å²) in [5, 5.41) is 1.15. The predicted molar refractivity (Wildman–Crippen MR) is 76.1 cm³/mol. The summed E-state index contributed by atoms with van der Waals surface area (Å²) < 4.78 is 10.3. The average Bonchev–Trinajstić information content (AvgIpc) is 2.43. The zero-order chi connectivity index (χ0) is 13.5. The number of ether oxygens (including phenoxy) is 2. The van der Waals surface area contributed by atoms with Crippen molar-refractivity contribution in [1.82, 2.24) is 4.98 Å². The normalized spacial score (nSPS) is 12.7. The summed E-state index contributed by atoms with van der Waals surface area (Å²) in [4.78, 5) is 4.60. The first-order valence-corrected chi connectivity index (χ1v) is 6.46. The molecule has 1 heterocycles. The van der Waals surface area contributed by atoms with E-state index in [0.29, 0.717) is 19.8 Å². The first kappa shape index (κ1) is 13.9. The molecule has 1 aromatic carbocycles. The van der Waals surface area contributed by atoms with Crippen LogP contribution >= 0.6 is 0 Å². The minimum Gasteiger partial charge on any atom is -0.382 e. The number of fused-ring (bicyclic) bond motifs is 1. The van der Waals surface area contributed by atoms with E-state index in [1.165, 1.54) is 0 Å². The molecule has 0 fully saturated rings. The van der Waals surface area contributed by atoms with Crippen molar-refractivity contribution in [3.05, 3.63) is 42.1 Å². The van der Waals surface area contributed by atoms with E-state index in [9.17, 15) is 0 Å². The molecule has 19 heavy (non-hydrogen) atoms. The van der Waals surface area contributed by atoms with Crippen molar-refractivity contribution in [1.29, 1.82) is 0 Å². The predicted octanol–water partition coefficient (Wildman–Crippen LogP) is 1.77. The fourth-order valence-electron chi connectivity index (χ4n) is 1.93. The Morgan fingerprint density at radius 2 is 2.00 bits per heavy atom. The van der Waals surface area contributed by atoms with Crippen molar-refractivity contribution in [3.8, 4) is 0 Å². The third-order valence-electron chi connectivity index (χ3n) is 2.89. The van der Waals surface area contributed by atoms with Crippen molar-refractivity contribution in [2.75, 3.05) is 26.9 Å². The molecule has 0 saturated heterocycles. The maximum Gasteiger partial charge on any atom is 0.0705 e. The number of benzene rings is 1. The van der Waals surface area contributed by atoms with Crippen LogP contribution in [0.3, 0.4) is 0 Å². The number of nitrogens with zero attached hydrogens (tertiary/aromatic N) is 1. The molecule has 1 atom stereocenters. The third-order valence-corrected chi connectivity index (χ3v) is 2.89. The zero-order valence-electron chi connectivity index (χ0n) is 11.2. The number of pyridine rings is 1. The van der Waals surface area contributed by atoms with Gasteiger partial charge in [0.05, 0.1) is 25.3 Å². The maximum atomic E-state index is 6.03. The number of para-hydroxylation sites is 1. The maximum absolute atomic E-state index is 6.03. The summed E-state index contributed by atoms with van der Waals surface area (Å²) in [6.45, 7) is 1.70. The number of nitrogens with two attached hydrogens (primary N) is 1. The molecule has 4 heteroatoms. The van der Waals surface area contributed by atoms with E-state index in [1.54, 1.807) is 7.11 Å². The van der Waals surface area contributed by atoms with E-state index in [2.05, 4.69) is 17.1 Å². The summed E-state index contributed by atoms with van der Waals surface area (Å²) in [6.07, 6.45) is 0.720. The average molecular weight is 260 g/mol. The fourth-order valence-corrected chi connectivity index (χ4v) is 1.93. The van der Waals surface area contributed by atoms with Crippen LogP contribution in [0, 0.1) is 0 Å². The Morgan fingerprint density at radius 1 is 1.16 bits per heavy atom. The molecular weight excluding hydrogens is 240 g/mol. The van der Waals surface area contributed by atoms with Crippen LogP contribution < -0.4 is 5.73 Å². The Morgan fingerprint density at radius 3 is 2.84 bits per heavy atom. The van der Waals surface area contributed by atoms with Crippen molar-refractivity contribution in [2.45, 2.75) is 12.5 Å². The first-order chi connectivity index (χ1) is 9.29. The molecule has 1 unspecified atom stereocenters. The van der Waals surface area contributed by atoms with Crippen molar-refractivity contribution in [3.63, 3.8) is 0 Å². The molecule has 0 aliphatic rings. The molecule has 0 saturated carbocycles. The molecule has 0 aliphatic carbocycles. The quantitative estimate of drug-likeness (QED) is 0.771. The smallest absolute Gasteiger partial charge is 0.0705 e. The van der Waals surface area contributed by atoms with E-state index in [4.69, 9.17) is 15.2 Å². The molecular formula is C15H20N2O2. The zero-order valence-corrected chi connectivity index (χ0v) is 11.2. The van der Waals surface area contributed by atoms with Gasteiger partial charge in [-0.2, -0.15) is 0 Å². The van der Waals surface area contributed by atoms with Crippen LogP contribution in [0.1, 0.15) is 5.69 Å². The lowest BCUT2D eigenvalue weighted by Gasteiger charge is -2.12. The van der Waals surface area contributed by atoms with Gasteiger partial charge in [-0.1, -0.05) is 24.3 Å². The van der Waals surface area contributed by atoms with E-state index in [-0.39, 0.29) is 6.04 Å². The van der Waals surface area contributed by atoms with Gasteiger partial charge in [-0.15, -0.1) is 0 Å². The second-order valence-corrected chi connectivity index (χ2v) is 4.53. The molecule has 2 N–H and O–H groups in total. The van der Waals surface area contributed by atoms with Gasteiger partial charge >= 0.3 is 0 Å². The third kappa shape index (κ3) is 4.28. The van der Waals surface area contributed by atoms with Gasteiger partial charge in [0.1, 0.15) is 0 Å². The topological polar surface area (TPSA) is 57.4 Å². The number of aromatic nitrogens is 1. The molecule has 0 aliphatic heterocycles. The Balaban J connectivity index is 1.89. The van der Waals surface area contributed by atoms with Gasteiger partial charge in [0.2, 0.25) is 0 Å². The summed E-state index contributed by atoms with van der Waals surface area (Å²) in [5.74, 6) is 0. The molecule has 4 nitrogen and oxygen atoms in total. The van der Waals surface area contributed by atoms with Gasteiger partial charge in [0.15, 0.2) is 0 Å². The molecule has 0 bridgehead atoms. The van der Waals surface area contributed by atoms with Gasteiger partial charge in [0.25, 0.3) is 0 Å². The number of hydrogen-bond acceptors (Lipinski definition) is 4. The lowest BCUT2D eigenvalue weighted by Crippen LogP contribution is -2.29. The van der Waals surface area contributed by atoms with Crippen molar-refractivity contribution >= 4 is 10.9 Å². The molecule has 0 spiro atoms. The monoisotopic (exact) mass is 260 g/mol. The van der Waals surface area contributed by atoms with E-state index >= 15 is 0 Å². The highest BCUT2D eigenvalue weighted by atomic mass is 16.5. The Bertz CT molecular complexity index is 516. The molecule has 0 radical (unpaired) electrons. The summed E-state index contributed by atoms with van der Waals surface area (Å²) in [6, 6.07) is 12.1. The van der Waals surface area contributed by atoms with Crippen LogP contribution in [-0.4, -0.2) is 38.0 Å². The lowest BCUT2D eigenvalue weighted by molar-refractivity contribution is 0.0636. The minimum atomic E-state index is -0.0366. The highest BCUT2D eigenvalue weighted by molar-refractivity contribution is 5.78. The van der Waals surface area contributed by atoms with Crippen molar-refractivity contribution < 1.29 is 9.47 Å².